The molecule has 2 heteroatoms. The van der Waals surface area contributed by atoms with Gasteiger partial charge in [-0.25, -0.2) is 0 Å². The Bertz CT molecular complexity index is 146. The maximum Gasteiger partial charge on any atom is 0.000427 e. The van der Waals surface area contributed by atoms with Gasteiger partial charge in [0.1, 0.15) is 0 Å². The van der Waals surface area contributed by atoms with Crippen LogP contribution in [-0.2, 0) is 0 Å². The third-order valence-corrected chi connectivity index (χ3v) is 3.31. The van der Waals surface area contributed by atoms with Crippen molar-refractivity contribution in [1.29, 1.82) is 0 Å². The quantitative estimate of drug-likeness (QED) is 0.622. The first-order valence-corrected chi connectivity index (χ1v) is 7.06. The van der Waals surface area contributed by atoms with E-state index in [1.165, 1.54) is 45.3 Å². The van der Waals surface area contributed by atoms with Crippen molar-refractivity contribution in [1.82, 2.24) is 4.90 Å². The van der Waals surface area contributed by atoms with Gasteiger partial charge in [-0.3, -0.25) is 0 Å². The number of hydrogen-bond donors (Lipinski definition) is 1. The summed E-state index contributed by atoms with van der Waals surface area (Å²) < 4.78 is 0. The third-order valence-electron chi connectivity index (χ3n) is 3.31. The molecule has 0 radical (unpaired) electrons. The number of hydrogen-bond acceptors (Lipinski definition) is 2. The van der Waals surface area contributed by atoms with Crippen molar-refractivity contribution in [3.63, 3.8) is 0 Å². The van der Waals surface area contributed by atoms with Crippen LogP contribution >= 0.6 is 0 Å². The Morgan fingerprint density at radius 2 is 1.81 bits per heavy atom. The second-order valence-corrected chi connectivity index (χ2v) is 5.28. The molecule has 0 fully saturated rings. The molecule has 2 N–H and O–H groups in total. The average molecular weight is 228 g/mol. The number of rotatable bonds is 10. The third kappa shape index (κ3) is 8.12. The van der Waals surface area contributed by atoms with Crippen molar-refractivity contribution in [2.75, 3.05) is 26.2 Å². The molecule has 0 amide bonds. The van der Waals surface area contributed by atoms with Crippen molar-refractivity contribution in [3.05, 3.63) is 0 Å². The maximum atomic E-state index is 5.62. The van der Waals surface area contributed by atoms with E-state index in [0.717, 1.165) is 18.4 Å². The van der Waals surface area contributed by atoms with Crippen molar-refractivity contribution in [3.8, 4) is 0 Å². The van der Waals surface area contributed by atoms with Crippen LogP contribution in [-0.4, -0.2) is 31.1 Å². The van der Waals surface area contributed by atoms with E-state index >= 15 is 0 Å². The fraction of sp³-hybridized carbons (Fsp3) is 1.00. The lowest BCUT2D eigenvalue weighted by atomic mass is 9.96. The van der Waals surface area contributed by atoms with Gasteiger partial charge in [0.05, 0.1) is 0 Å². The molecule has 1 unspecified atom stereocenters. The van der Waals surface area contributed by atoms with E-state index in [2.05, 4.69) is 32.6 Å². The lowest BCUT2D eigenvalue weighted by molar-refractivity contribution is 0.243. The van der Waals surface area contributed by atoms with Gasteiger partial charge in [-0.15, -0.1) is 0 Å². The fourth-order valence-corrected chi connectivity index (χ4v) is 2.29. The summed E-state index contributed by atoms with van der Waals surface area (Å²) in [5.74, 6) is 1.63. The van der Waals surface area contributed by atoms with Gasteiger partial charge in [0.15, 0.2) is 0 Å². The Labute approximate surface area is 103 Å². The predicted molar refractivity (Wildman–Crippen MR) is 73.6 cm³/mol. The molecule has 0 bridgehead atoms. The van der Waals surface area contributed by atoms with Gasteiger partial charge < -0.3 is 10.6 Å². The highest BCUT2D eigenvalue weighted by molar-refractivity contribution is 4.62. The molecule has 0 aromatic carbocycles. The Kier molecular flexibility index (Phi) is 10.0. The molecule has 16 heavy (non-hydrogen) atoms. The first-order valence-electron chi connectivity index (χ1n) is 7.06. The Balaban J connectivity index is 3.67. The smallest absolute Gasteiger partial charge is 0.000427 e. The molecule has 0 rings (SSSR count). The number of nitrogens with two attached hydrogens (primary N) is 1. The molecule has 0 spiro atoms. The van der Waals surface area contributed by atoms with E-state index in [1.807, 2.05) is 0 Å². The lowest BCUT2D eigenvalue weighted by Gasteiger charge is -2.23. The zero-order valence-corrected chi connectivity index (χ0v) is 11.8. The summed E-state index contributed by atoms with van der Waals surface area (Å²) in [4.78, 5) is 2.57. The van der Waals surface area contributed by atoms with E-state index in [-0.39, 0.29) is 0 Å². The van der Waals surface area contributed by atoms with Gasteiger partial charge in [-0.05, 0) is 50.7 Å². The second kappa shape index (κ2) is 10.1. The normalized spacial score (nSPS) is 13.7. The molecule has 0 aliphatic heterocycles. The van der Waals surface area contributed by atoms with Gasteiger partial charge in [-0.1, -0.05) is 34.1 Å². The van der Waals surface area contributed by atoms with Crippen molar-refractivity contribution >= 4 is 0 Å². The summed E-state index contributed by atoms with van der Waals surface area (Å²) in [5, 5.41) is 0. The van der Waals surface area contributed by atoms with E-state index in [0.29, 0.717) is 0 Å². The molecular formula is C14H32N2. The standard InChI is InChI=1S/C14H32N2/c1-5-14(9-10-15)8-7-11-16(6-2)12-13(3)4/h13-14H,5-12,15H2,1-4H3. The summed E-state index contributed by atoms with van der Waals surface area (Å²) in [6.45, 7) is 13.7. The molecule has 0 aliphatic carbocycles. The van der Waals surface area contributed by atoms with E-state index in [9.17, 15) is 0 Å². The van der Waals surface area contributed by atoms with Crippen LogP contribution in [0.3, 0.4) is 0 Å². The van der Waals surface area contributed by atoms with Crippen LogP contribution < -0.4 is 5.73 Å². The molecule has 1 atom stereocenters. The van der Waals surface area contributed by atoms with Crippen LogP contribution in [0, 0.1) is 11.8 Å². The minimum Gasteiger partial charge on any atom is -0.330 e. The van der Waals surface area contributed by atoms with E-state index in [4.69, 9.17) is 5.73 Å². The fourth-order valence-electron chi connectivity index (χ4n) is 2.29. The first kappa shape index (κ1) is 15.9. The molecule has 0 aromatic rings. The van der Waals surface area contributed by atoms with E-state index < -0.39 is 0 Å². The molecule has 0 saturated carbocycles. The lowest BCUT2D eigenvalue weighted by Crippen LogP contribution is -2.29. The van der Waals surface area contributed by atoms with Gasteiger partial charge in [0, 0.05) is 6.54 Å². The SMILES string of the molecule is CCC(CCN)CCCN(CC)CC(C)C. The topological polar surface area (TPSA) is 29.3 Å². The minimum atomic E-state index is 0.783. The summed E-state index contributed by atoms with van der Waals surface area (Å²) in [6, 6.07) is 0. The van der Waals surface area contributed by atoms with Gasteiger partial charge >= 0.3 is 0 Å². The molecule has 2 nitrogen and oxygen atoms in total. The molecular weight excluding hydrogens is 196 g/mol. The minimum absolute atomic E-state index is 0.783. The van der Waals surface area contributed by atoms with Gasteiger partial charge in [-0.2, -0.15) is 0 Å². The monoisotopic (exact) mass is 228 g/mol. The molecule has 0 aliphatic rings. The zero-order chi connectivity index (χ0) is 12.4. The van der Waals surface area contributed by atoms with E-state index in [1.54, 1.807) is 0 Å². The van der Waals surface area contributed by atoms with Crippen LogP contribution in [0.4, 0.5) is 0 Å². The predicted octanol–water partition coefficient (Wildman–Crippen LogP) is 3.12. The maximum absolute atomic E-state index is 5.62. The average Bonchev–Trinajstić information content (AvgIpc) is 2.25. The first-order chi connectivity index (χ1) is 7.63. The Hall–Kier alpha value is -0.0800. The van der Waals surface area contributed by atoms with Crippen molar-refractivity contribution in [2.45, 2.75) is 53.4 Å². The number of nitrogens with zero attached hydrogens (tertiary/aromatic N) is 1. The zero-order valence-electron chi connectivity index (χ0n) is 11.8. The molecule has 0 heterocycles. The van der Waals surface area contributed by atoms with Crippen LogP contribution in [0.25, 0.3) is 0 Å². The second-order valence-electron chi connectivity index (χ2n) is 5.28. The molecule has 0 saturated heterocycles. The summed E-state index contributed by atoms with van der Waals surface area (Å²) in [7, 11) is 0. The highest BCUT2D eigenvalue weighted by atomic mass is 15.1. The Morgan fingerprint density at radius 1 is 1.12 bits per heavy atom. The van der Waals surface area contributed by atoms with Gasteiger partial charge in [0.25, 0.3) is 0 Å². The largest absolute Gasteiger partial charge is 0.330 e. The molecule has 0 aromatic heterocycles. The van der Waals surface area contributed by atoms with Crippen molar-refractivity contribution in [2.24, 2.45) is 17.6 Å². The highest BCUT2D eigenvalue weighted by Gasteiger charge is 2.08. The summed E-state index contributed by atoms with van der Waals surface area (Å²) in [6.07, 6.45) is 5.17. The van der Waals surface area contributed by atoms with Crippen LogP contribution in [0.15, 0.2) is 0 Å². The summed E-state index contributed by atoms with van der Waals surface area (Å²) >= 11 is 0. The van der Waals surface area contributed by atoms with Crippen LogP contribution in [0.1, 0.15) is 53.4 Å². The van der Waals surface area contributed by atoms with Crippen LogP contribution in [0.2, 0.25) is 0 Å². The van der Waals surface area contributed by atoms with Gasteiger partial charge in [0.2, 0.25) is 0 Å². The molecule has 98 valence electrons. The Morgan fingerprint density at radius 3 is 2.25 bits per heavy atom. The summed E-state index contributed by atoms with van der Waals surface area (Å²) in [5.41, 5.74) is 5.62. The van der Waals surface area contributed by atoms with Crippen LogP contribution in [0.5, 0.6) is 0 Å². The van der Waals surface area contributed by atoms with Crippen molar-refractivity contribution < 1.29 is 0 Å². The highest BCUT2D eigenvalue weighted by Crippen LogP contribution is 2.15.